The molecule has 0 aromatic heterocycles. The number of benzene rings is 1. The second-order valence-corrected chi connectivity index (χ2v) is 9.32. The molecule has 166 valence electrons. The van der Waals surface area contributed by atoms with Crippen molar-refractivity contribution in [2.24, 2.45) is 16.3 Å². The van der Waals surface area contributed by atoms with E-state index >= 15 is 0 Å². The van der Waals surface area contributed by atoms with Gasteiger partial charge in [-0.15, -0.1) is 0 Å². The summed E-state index contributed by atoms with van der Waals surface area (Å²) in [5, 5.41) is 7.11. The first-order valence-electron chi connectivity index (χ1n) is 11.3. The normalized spacial score (nSPS) is 28.7. The minimum Gasteiger partial charge on any atom is -0.377 e. The predicted octanol–water partition coefficient (Wildman–Crippen LogP) is 2.32. The highest BCUT2D eigenvalue weighted by Gasteiger charge is 2.59. The smallest absolute Gasteiger partial charge is 0.191 e. The molecule has 0 radical (unpaired) electrons. The van der Waals surface area contributed by atoms with Gasteiger partial charge in [-0.3, -0.25) is 9.89 Å². The summed E-state index contributed by atoms with van der Waals surface area (Å²) in [6, 6.07) is 7.48. The van der Waals surface area contributed by atoms with Gasteiger partial charge in [-0.25, -0.2) is 4.39 Å². The summed E-state index contributed by atoms with van der Waals surface area (Å²) in [4.78, 5) is 9.04. The minimum atomic E-state index is -0.126. The molecule has 2 aliphatic heterocycles. The molecule has 30 heavy (non-hydrogen) atoms. The average molecular weight is 418 g/mol. The highest BCUT2D eigenvalue weighted by molar-refractivity contribution is 5.80. The van der Waals surface area contributed by atoms with E-state index in [0.717, 1.165) is 70.4 Å². The van der Waals surface area contributed by atoms with Crippen molar-refractivity contribution in [2.75, 3.05) is 57.8 Å². The molecule has 1 aromatic rings. The summed E-state index contributed by atoms with van der Waals surface area (Å²) in [5.41, 5.74) is 0.874. The van der Waals surface area contributed by atoms with Crippen LogP contribution in [0.25, 0.3) is 0 Å². The Morgan fingerprint density at radius 1 is 1.23 bits per heavy atom. The van der Waals surface area contributed by atoms with Crippen molar-refractivity contribution in [1.29, 1.82) is 0 Å². The van der Waals surface area contributed by atoms with Gasteiger partial charge in [0.15, 0.2) is 5.96 Å². The predicted molar refractivity (Wildman–Crippen MR) is 120 cm³/mol. The van der Waals surface area contributed by atoms with Crippen LogP contribution < -0.4 is 15.5 Å². The number of anilines is 1. The number of nitrogens with one attached hydrogen (secondary N) is 2. The summed E-state index contributed by atoms with van der Waals surface area (Å²) in [5.74, 6) is 1.37. The number of aliphatic imine (C=N–C) groups is 1. The Hall–Kier alpha value is -1.86. The van der Waals surface area contributed by atoms with Gasteiger partial charge in [-0.1, -0.05) is 26.0 Å². The molecule has 2 heterocycles. The van der Waals surface area contributed by atoms with E-state index in [9.17, 15) is 4.39 Å². The van der Waals surface area contributed by atoms with Crippen LogP contribution in [0.4, 0.5) is 10.1 Å². The molecule has 3 unspecified atom stereocenters. The Kier molecular flexibility index (Phi) is 6.48. The lowest BCUT2D eigenvalue weighted by atomic mass is 9.57. The number of guanidine groups is 1. The van der Waals surface area contributed by atoms with E-state index in [1.165, 1.54) is 0 Å². The van der Waals surface area contributed by atoms with Crippen LogP contribution in [0.15, 0.2) is 29.3 Å². The van der Waals surface area contributed by atoms with Crippen LogP contribution in [-0.2, 0) is 4.74 Å². The monoisotopic (exact) mass is 417 g/mol. The zero-order valence-electron chi connectivity index (χ0n) is 18.5. The fourth-order valence-corrected chi connectivity index (χ4v) is 5.39. The van der Waals surface area contributed by atoms with Gasteiger partial charge in [0.05, 0.1) is 11.8 Å². The topological polar surface area (TPSA) is 52.1 Å². The third kappa shape index (κ3) is 4.28. The molecule has 1 saturated carbocycles. The Bertz CT molecular complexity index is 747. The number of nitrogens with zero attached hydrogens (tertiary/aromatic N) is 3. The number of ether oxygens (including phenoxy) is 1. The van der Waals surface area contributed by atoms with Gasteiger partial charge in [0, 0.05) is 63.8 Å². The molecule has 2 N–H and O–H groups in total. The first-order valence-corrected chi connectivity index (χ1v) is 11.3. The van der Waals surface area contributed by atoms with E-state index in [4.69, 9.17) is 4.74 Å². The molecule has 4 rings (SSSR count). The van der Waals surface area contributed by atoms with E-state index < -0.39 is 0 Å². The Labute approximate surface area is 179 Å². The molecule has 3 aliphatic rings. The molecule has 3 atom stereocenters. The van der Waals surface area contributed by atoms with Crippen LogP contribution in [0.3, 0.4) is 0 Å². The van der Waals surface area contributed by atoms with Gasteiger partial charge in [0.1, 0.15) is 5.82 Å². The van der Waals surface area contributed by atoms with Gasteiger partial charge in [-0.05, 0) is 31.5 Å². The molecule has 0 amide bonds. The van der Waals surface area contributed by atoms with Crippen molar-refractivity contribution in [2.45, 2.75) is 38.8 Å². The highest BCUT2D eigenvalue weighted by Crippen LogP contribution is 2.52. The Morgan fingerprint density at radius 3 is 2.73 bits per heavy atom. The number of fused-ring (bicyclic) bond motifs is 1. The summed E-state index contributed by atoms with van der Waals surface area (Å²) < 4.78 is 19.9. The van der Waals surface area contributed by atoms with Crippen LogP contribution >= 0.6 is 0 Å². The van der Waals surface area contributed by atoms with Crippen molar-refractivity contribution >= 4 is 11.6 Å². The van der Waals surface area contributed by atoms with Gasteiger partial charge >= 0.3 is 0 Å². The van der Waals surface area contributed by atoms with Crippen molar-refractivity contribution in [3.05, 3.63) is 30.1 Å². The molecular formula is C23H36FN5O. The summed E-state index contributed by atoms with van der Waals surface area (Å²) in [7, 11) is 1.84. The second-order valence-electron chi connectivity index (χ2n) is 9.32. The third-order valence-corrected chi connectivity index (χ3v) is 7.13. The number of hydrogen-bond donors (Lipinski definition) is 2. The zero-order chi connectivity index (χ0) is 21.1. The van der Waals surface area contributed by atoms with Crippen LogP contribution in [0.1, 0.15) is 26.7 Å². The van der Waals surface area contributed by atoms with Gasteiger partial charge < -0.3 is 20.3 Å². The summed E-state index contributed by atoms with van der Waals surface area (Å²) in [6.45, 7) is 11.1. The molecule has 1 aliphatic carbocycles. The van der Waals surface area contributed by atoms with E-state index in [0.29, 0.717) is 18.1 Å². The second kappa shape index (κ2) is 9.10. The van der Waals surface area contributed by atoms with Crippen LogP contribution in [-0.4, -0.2) is 75.9 Å². The van der Waals surface area contributed by atoms with Crippen molar-refractivity contribution in [3.63, 3.8) is 0 Å². The zero-order valence-corrected chi connectivity index (χ0v) is 18.5. The molecule has 7 heteroatoms. The fraction of sp³-hybridized carbons (Fsp3) is 0.696. The molecule has 2 saturated heterocycles. The molecule has 0 bridgehead atoms. The largest absolute Gasteiger partial charge is 0.377 e. The quantitative estimate of drug-likeness (QED) is 0.423. The number of para-hydroxylation sites is 1. The van der Waals surface area contributed by atoms with Crippen molar-refractivity contribution < 1.29 is 9.13 Å². The SMILES string of the molecule is CN=C(NCCCN1CCN(c2ccccc2F)CC1)NC1C2CCOC2C1(C)C. The lowest BCUT2D eigenvalue weighted by molar-refractivity contribution is -0.106. The van der Waals surface area contributed by atoms with Gasteiger partial charge in [-0.2, -0.15) is 0 Å². The standard InChI is InChI=1S/C23H36FN5O/c1-23(2)20(17-9-16-30-21(17)23)27-22(25-3)26-10-6-11-28-12-14-29(15-13-28)19-8-5-4-7-18(19)24/h4-5,7-8,17,20-21H,6,9-16H2,1-3H3,(H2,25,26,27). The van der Waals surface area contributed by atoms with E-state index in [-0.39, 0.29) is 11.2 Å². The van der Waals surface area contributed by atoms with Gasteiger partial charge in [0.25, 0.3) is 0 Å². The number of piperazine rings is 1. The Balaban J connectivity index is 1.15. The average Bonchev–Trinajstić information content (AvgIpc) is 3.21. The van der Waals surface area contributed by atoms with E-state index in [2.05, 4.69) is 39.3 Å². The third-order valence-electron chi connectivity index (χ3n) is 7.13. The minimum absolute atomic E-state index is 0.126. The highest BCUT2D eigenvalue weighted by atomic mass is 19.1. The maximum atomic E-state index is 14.0. The van der Waals surface area contributed by atoms with E-state index in [1.807, 2.05) is 19.2 Å². The number of hydrogen-bond acceptors (Lipinski definition) is 4. The van der Waals surface area contributed by atoms with Crippen LogP contribution in [0.5, 0.6) is 0 Å². The first kappa shape index (κ1) is 21.4. The summed E-state index contributed by atoms with van der Waals surface area (Å²) in [6.07, 6.45) is 2.58. The van der Waals surface area contributed by atoms with Crippen LogP contribution in [0.2, 0.25) is 0 Å². The lowest BCUT2D eigenvalue weighted by Gasteiger charge is -2.54. The molecular weight excluding hydrogens is 381 g/mol. The van der Waals surface area contributed by atoms with Crippen LogP contribution in [0, 0.1) is 17.2 Å². The molecule has 0 spiro atoms. The number of halogens is 1. The fourth-order valence-electron chi connectivity index (χ4n) is 5.39. The van der Waals surface area contributed by atoms with Crippen molar-refractivity contribution in [1.82, 2.24) is 15.5 Å². The van der Waals surface area contributed by atoms with Gasteiger partial charge in [0.2, 0.25) is 0 Å². The summed E-state index contributed by atoms with van der Waals surface area (Å²) >= 11 is 0. The number of rotatable bonds is 6. The maximum Gasteiger partial charge on any atom is 0.191 e. The molecule has 3 fully saturated rings. The lowest BCUT2D eigenvalue weighted by Crippen LogP contribution is -2.68. The molecule has 1 aromatic carbocycles. The van der Waals surface area contributed by atoms with Crippen molar-refractivity contribution in [3.8, 4) is 0 Å². The maximum absolute atomic E-state index is 14.0. The first-order chi connectivity index (χ1) is 14.5. The molecule has 6 nitrogen and oxygen atoms in total. The van der Waals surface area contributed by atoms with E-state index in [1.54, 1.807) is 12.1 Å². The Morgan fingerprint density at radius 2 is 2.00 bits per heavy atom.